The fraction of sp³-hybridized carbons (Fsp3) is 0.765. The number of nitriles is 1. The van der Waals surface area contributed by atoms with E-state index in [0.29, 0.717) is 6.42 Å². The standard InChI is InChI=1S/C17H27N3S/c1-13-6-10-20(11-7-13)12-8-15-19-16(17(2,3)4)14(21-15)5-9-18/h13H,5-8,10-12H2,1-4H3. The van der Waals surface area contributed by atoms with Gasteiger partial charge in [-0.05, 0) is 31.8 Å². The Morgan fingerprint density at radius 1 is 1.33 bits per heavy atom. The Bertz CT molecular complexity index is 499. The Balaban J connectivity index is 1.99. The van der Waals surface area contributed by atoms with Crippen molar-refractivity contribution in [1.29, 1.82) is 5.26 Å². The van der Waals surface area contributed by atoms with Gasteiger partial charge >= 0.3 is 0 Å². The van der Waals surface area contributed by atoms with E-state index in [1.165, 1.54) is 30.9 Å². The highest BCUT2D eigenvalue weighted by Crippen LogP contribution is 2.30. The summed E-state index contributed by atoms with van der Waals surface area (Å²) in [5, 5.41) is 10.2. The van der Waals surface area contributed by atoms with Gasteiger partial charge in [0.15, 0.2) is 0 Å². The molecule has 1 saturated heterocycles. The van der Waals surface area contributed by atoms with Crippen molar-refractivity contribution in [2.75, 3.05) is 19.6 Å². The lowest BCUT2D eigenvalue weighted by atomic mass is 9.91. The van der Waals surface area contributed by atoms with Gasteiger partial charge in [-0.1, -0.05) is 27.7 Å². The van der Waals surface area contributed by atoms with Crippen molar-refractivity contribution in [2.24, 2.45) is 5.92 Å². The van der Waals surface area contributed by atoms with Crippen LogP contribution >= 0.6 is 11.3 Å². The van der Waals surface area contributed by atoms with Gasteiger partial charge in [0, 0.05) is 23.3 Å². The van der Waals surface area contributed by atoms with Crippen LogP contribution in [0, 0.1) is 17.2 Å². The average molecular weight is 305 g/mol. The molecule has 1 fully saturated rings. The molecule has 0 aromatic carbocycles. The SMILES string of the molecule is CC1CCN(CCc2nc(C(C)(C)C)c(CC#N)s2)CC1. The lowest BCUT2D eigenvalue weighted by Crippen LogP contribution is -2.34. The van der Waals surface area contributed by atoms with Gasteiger partial charge in [0.25, 0.3) is 0 Å². The molecule has 0 radical (unpaired) electrons. The Labute approximate surface area is 133 Å². The number of aromatic nitrogens is 1. The zero-order valence-electron chi connectivity index (χ0n) is 13.8. The van der Waals surface area contributed by atoms with Gasteiger partial charge in [-0.15, -0.1) is 11.3 Å². The lowest BCUT2D eigenvalue weighted by Gasteiger charge is -2.29. The van der Waals surface area contributed by atoms with Gasteiger partial charge in [0.05, 0.1) is 23.2 Å². The molecule has 0 saturated carbocycles. The van der Waals surface area contributed by atoms with E-state index in [2.05, 4.69) is 38.7 Å². The minimum absolute atomic E-state index is 0.0293. The molecule has 0 amide bonds. The summed E-state index contributed by atoms with van der Waals surface area (Å²) in [6, 6.07) is 2.28. The second-order valence-corrected chi connectivity index (χ2v) is 8.41. The monoisotopic (exact) mass is 305 g/mol. The van der Waals surface area contributed by atoms with Crippen molar-refractivity contribution in [3.63, 3.8) is 0 Å². The van der Waals surface area contributed by atoms with Gasteiger partial charge < -0.3 is 4.90 Å². The van der Waals surface area contributed by atoms with Gasteiger partial charge in [0.2, 0.25) is 0 Å². The molecule has 1 aliphatic heterocycles. The fourth-order valence-corrected chi connectivity index (χ4v) is 4.02. The van der Waals surface area contributed by atoms with E-state index < -0.39 is 0 Å². The number of rotatable bonds is 4. The van der Waals surface area contributed by atoms with Crippen molar-refractivity contribution in [3.8, 4) is 6.07 Å². The third-order valence-corrected chi connectivity index (χ3v) is 5.32. The smallest absolute Gasteiger partial charge is 0.0944 e. The van der Waals surface area contributed by atoms with Crippen LogP contribution < -0.4 is 0 Å². The van der Waals surface area contributed by atoms with Crippen LogP contribution in [0.25, 0.3) is 0 Å². The molecular formula is C17H27N3S. The van der Waals surface area contributed by atoms with E-state index >= 15 is 0 Å². The van der Waals surface area contributed by atoms with Crippen LogP contribution in [0.1, 0.15) is 56.1 Å². The average Bonchev–Trinajstić information content (AvgIpc) is 2.82. The van der Waals surface area contributed by atoms with Crippen LogP contribution in [-0.2, 0) is 18.3 Å². The van der Waals surface area contributed by atoms with Crippen LogP contribution in [0.4, 0.5) is 0 Å². The van der Waals surface area contributed by atoms with Gasteiger partial charge in [-0.2, -0.15) is 5.26 Å². The first-order chi connectivity index (χ1) is 9.90. The minimum Gasteiger partial charge on any atom is -0.303 e. The van der Waals surface area contributed by atoms with E-state index in [4.69, 9.17) is 10.2 Å². The first kappa shape index (κ1) is 16.5. The fourth-order valence-electron chi connectivity index (χ4n) is 2.82. The third-order valence-electron chi connectivity index (χ3n) is 4.21. The molecule has 1 aromatic rings. The third kappa shape index (κ3) is 4.52. The molecule has 1 aromatic heterocycles. The van der Waals surface area contributed by atoms with Crippen molar-refractivity contribution < 1.29 is 0 Å². The van der Waals surface area contributed by atoms with E-state index in [1.54, 1.807) is 11.3 Å². The van der Waals surface area contributed by atoms with Gasteiger partial charge in [-0.25, -0.2) is 4.98 Å². The quantitative estimate of drug-likeness (QED) is 0.850. The second-order valence-electron chi connectivity index (χ2n) is 7.24. The molecule has 0 spiro atoms. The Kier molecular flexibility index (Phi) is 5.40. The summed E-state index contributed by atoms with van der Waals surface area (Å²) >= 11 is 1.74. The number of piperidine rings is 1. The van der Waals surface area contributed by atoms with Crippen LogP contribution in [0.5, 0.6) is 0 Å². The number of thiazole rings is 1. The highest BCUT2D eigenvalue weighted by atomic mass is 32.1. The van der Waals surface area contributed by atoms with E-state index in [-0.39, 0.29) is 5.41 Å². The predicted molar refractivity (Wildman–Crippen MR) is 88.7 cm³/mol. The van der Waals surface area contributed by atoms with Gasteiger partial charge in [-0.3, -0.25) is 0 Å². The molecule has 0 bridgehead atoms. The topological polar surface area (TPSA) is 39.9 Å². The lowest BCUT2D eigenvalue weighted by molar-refractivity contribution is 0.194. The van der Waals surface area contributed by atoms with Crippen LogP contribution in [0.3, 0.4) is 0 Å². The number of hydrogen-bond acceptors (Lipinski definition) is 4. The first-order valence-electron chi connectivity index (χ1n) is 7.98. The zero-order chi connectivity index (χ0) is 15.5. The molecular weight excluding hydrogens is 278 g/mol. The maximum atomic E-state index is 9.00. The number of likely N-dealkylation sites (tertiary alicyclic amines) is 1. The van der Waals surface area contributed by atoms with Crippen LogP contribution in [0.15, 0.2) is 0 Å². The molecule has 1 aliphatic rings. The van der Waals surface area contributed by atoms with Crippen molar-refractivity contribution in [2.45, 2.75) is 58.8 Å². The minimum atomic E-state index is 0.0293. The molecule has 4 heteroatoms. The largest absolute Gasteiger partial charge is 0.303 e. The summed E-state index contributed by atoms with van der Waals surface area (Å²) in [6.45, 7) is 12.4. The number of hydrogen-bond donors (Lipinski definition) is 0. The van der Waals surface area contributed by atoms with Crippen molar-refractivity contribution >= 4 is 11.3 Å². The highest BCUT2D eigenvalue weighted by molar-refractivity contribution is 7.11. The summed E-state index contributed by atoms with van der Waals surface area (Å²) in [5.41, 5.74) is 1.15. The Morgan fingerprint density at radius 2 is 2.00 bits per heavy atom. The van der Waals surface area contributed by atoms with E-state index in [1.807, 2.05) is 0 Å². The summed E-state index contributed by atoms with van der Waals surface area (Å²) in [6.07, 6.45) is 4.16. The molecule has 0 atom stereocenters. The van der Waals surface area contributed by atoms with Crippen LogP contribution in [-0.4, -0.2) is 29.5 Å². The summed E-state index contributed by atoms with van der Waals surface area (Å²) in [4.78, 5) is 8.56. The molecule has 21 heavy (non-hydrogen) atoms. The van der Waals surface area contributed by atoms with Crippen molar-refractivity contribution in [1.82, 2.24) is 9.88 Å². The molecule has 3 nitrogen and oxygen atoms in total. The molecule has 116 valence electrons. The van der Waals surface area contributed by atoms with Gasteiger partial charge in [0.1, 0.15) is 0 Å². The second kappa shape index (κ2) is 6.89. The normalized spacial score (nSPS) is 17.9. The first-order valence-corrected chi connectivity index (χ1v) is 8.80. The molecule has 0 N–H and O–H groups in total. The van der Waals surface area contributed by atoms with Crippen LogP contribution in [0.2, 0.25) is 0 Å². The van der Waals surface area contributed by atoms with E-state index in [0.717, 1.165) is 29.5 Å². The summed E-state index contributed by atoms with van der Waals surface area (Å²) < 4.78 is 0. The summed E-state index contributed by atoms with van der Waals surface area (Å²) in [5.74, 6) is 0.885. The Hall–Kier alpha value is -0.920. The molecule has 0 aliphatic carbocycles. The molecule has 2 heterocycles. The maximum Gasteiger partial charge on any atom is 0.0944 e. The molecule has 2 rings (SSSR count). The van der Waals surface area contributed by atoms with Crippen molar-refractivity contribution in [3.05, 3.63) is 15.6 Å². The van der Waals surface area contributed by atoms with E-state index in [9.17, 15) is 0 Å². The molecule has 0 unspecified atom stereocenters. The highest BCUT2D eigenvalue weighted by Gasteiger charge is 2.23. The predicted octanol–water partition coefficient (Wildman–Crippen LogP) is 3.78. The number of nitrogens with zero attached hydrogens (tertiary/aromatic N) is 3. The summed E-state index contributed by atoms with van der Waals surface area (Å²) in [7, 11) is 0. The Morgan fingerprint density at radius 3 is 2.57 bits per heavy atom. The zero-order valence-corrected chi connectivity index (χ0v) is 14.6. The maximum absolute atomic E-state index is 9.00.